The molecule has 0 aliphatic rings. The fourth-order valence-corrected chi connectivity index (χ4v) is 1.91. The molecule has 0 radical (unpaired) electrons. The van der Waals surface area contributed by atoms with E-state index in [0.29, 0.717) is 11.4 Å². The van der Waals surface area contributed by atoms with Crippen molar-refractivity contribution in [3.63, 3.8) is 0 Å². The fraction of sp³-hybridized carbons (Fsp3) is 0. The number of fused-ring (bicyclic) bond motifs is 1. The minimum atomic E-state index is -0.368. The highest BCUT2D eigenvalue weighted by molar-refractivity contribution is 5.82. The standard InChI is InChI=1S/C13H9N3O3/c17-11-6-12(18)10(16-19)5-7(11)13-14-8-3-1-2-4-9(8)15-13/h1-6,17-18H,(H,14,15). The maximum atomic E-state index is 10.6. The minimum Gasteiger partial charge on any atom is -0.507 e. The molecule has 0 amide bonds. The Morgan fingerprint density at radius 3 is 2.63 bits per heavy atom. The molecule has 1 heterocycles. The van der Waals surface area contributed by atoms with E-state index in [9.17, 15) is 15.1 Å². The van der Waals surface area contributed by atoms with Crippen LogP contribution in [-0.2, 0) is 0 Å². The first-order valence-corrected chi connectivity index (χ1v) is 5.53. The molecule has 94 valence electrons. The van der Waals surface area contributed by atoms with Crippen LogP contribution in [0.15, 0.2) is 41.6 Å². The number of rotatable bonds is 2. The number of phenols is 2. The quantitative estimate of drug-likeness (QED) is 0.613. The topological polar surface area (TPSA) is 98.6 Å². The van der Waals surface area contributed by atoms with E-state index in [1.807, 2.05) is 24.3 Å². The summed E-state index contributed by atoms with van der Waals surface area (Å²) in [6.07, 6.45) is 0. The lowest BCUT2D eigenvalue weighted by atomic mass is 10.1. The third-order valence-corrected chi connectivity index (χ3v) is 2.84. The Balaban J connectivity index is 2.23. The Labute approximate surface area is 107 Å². The van der Waals surface area contributed by atoms with E-state index in [1.165, 1.54) is 6.07 Å². The highest BCUT2D eigenvalue weighted by atomic mass is 16.3. The maximum absolute atomic E-state index is 10.6. The number of phenolic OH excluding ortho intramolecular Hbond substituents is 2. The zero-order chi connectivity index (χ0) is 13.4. The van der Waals surface area contributed by atoms with Gasteiger partial charge < -0.3 is 15.2 Å². The number of hydrogen-bond acceptors (Lipinski definition) is 5. The summed E-state index contributed by atoms with van der Waals surface area (Å²) in [6.45, 7) is 0. The summed E-state index contributed by atoms with van der Waals surface area (Å²) < 4.78 is 0. The first kappa shape index (κ1) is 11.2. The van der Waals surface area contributed by atoms with Crippen molar-refractivity contribution in [1.82, 2.24) is 9.97 Å². The van der Waals surface area contributed by atoms with Crippen LogP contribution in [0.1, 0.15) is 0 Å². The van der Waals surface area contributed by atoms with Gasteiger partial charge in [0, 0.05) is 6.07 Å². The van der Waals surface area contributed by atoms with Crippen LogP contribution in [0.5, 0.6) is 11.5 Å². The molecule has 0 fully saturated rings. The number of aromatic nitrogens is 2. The van der Waals surface area contributed by atoms with E-state index in [4.69, 9.17) is 0 Å². The fourth-order valence-electron chi connectivity index (χ4n) is 1.91. The highest BCUT2D eigenvalue weighted by Gasteiger charge is 2.14. The number of imidazole rings is 1. The second-order valence-corrected chi connectivity index (χ2v) is 4.05. The number of nitrogens with zero attached hydrogens (tertiary/aromatic N) is 2. The summed E-state index contributed by atoms with van der Waals surface area (Å²) in [7, 11) is 0. The van der Waals surface area contributed by atoms with Crippen LogP contribution < -0.4 is 0 Å². The first-order valence-electron chi connectivity index (χ1n) is 5.53. The molecule has 0 aliphatic heterocycles. The number of aromatic hydroxyl groups is 2. The average molecular weight is 255 g/mol. The predicted molar refractivity (Wildman–Crippen MR) is 70.3 cm³/mol. The van der Waals surface area contributed by atoms with Crippen molar-refractivity contribution in [2.45, 2.75) is 0 Å². The monoisotopic (exact) mass is 255 g/mol. The summed E-state index contributed by atoms with van der Waals surface area (Å²) in [6, 6.07) is 9.74. The molecule has 19 heavy (non-hydrogen) atoms. The van der Waals surface area contributed by atoms with E-state index in [0.717, 1.165) is 17.1 Å². The van der Waals surface area contributed by atoms with Gasteiger partial charge in [0.1, 0.15) is 17.3 Å². The van der Waals surface area contributed by atoms with Crippen LogP contribution in [0.2, 0.25) is 0 Å². The number of para-hydroxylation sites is 2. The lowest BCUT2D eigenvalue weighted by molar-refractivity contribution is 0.452. The number of aromatic amines is 1. The molecular formula is C13H9N3O3. The molecule has 0 bridgehead atoms. The van der Waals surface area contributed by atoms with Crippen LogP contribution in [0, 0.1) is 4.91 Å². The third-order valence-electron chi connectivity index (χ3n) is 2.84. The van der Waals surface area contributed by atoms with Crippen molar-refractivity contribution in [3.05, 3.63) is 41.3 Å². The summed E-state index contributed by atoms with van der Waals surface area (Å²) in [5.41, 5.74) is 1.72. The van der Waals surface area contributed by atoms with Gasteiger partial charge in [0.05, 0.1) is 16.6 Å². The van der Waals surface area contributed by atoms with E-state index in [-0.39, 0.29) is 17.2 Å². The Morgan fingerprint density at radius 2 is 1.89 bits per heavy atom. The number of nitroso groups, excluding NO2 is 1. The van der Waals surface area contributed by atoms with Crippen molar-refractivity contribution in [3.8, 4) is 22.9 Å². The van der Waals surface area contributed by atoms with Gasteiger partial charge in [-0.2, -0.15) is 0 Å². The molecule has 1 aromatic heterocycles. The Morgan fingerprint density at radius 1 is 1.11 bits per heavy atom. The molecule has 0 aliphatic carbocycles. The zero-order valence-electron chi connectivity index (χ0n) is 9.66. The van der Waals surface area contributed by atoms with Crippen LogP contribution in [0.25, 0.3) is 22.4 Å². The van der Waals surface area contributed by atoms with Crippen molar-refractivity contribution in [2.75, 3.05) is 0 Å². The molecule has 3 aromatic rings. The number of nitrogens with one attached hydrogen (secondary N) is 1. The largest absolute Gasteiger partial charge is 0.507 e. The van der Waals surface area contributed by atoms with Crippen LogP contribution >= 0.6 is 0 Å². The van der Waals surface area contributed by atoms with Gasteiger partial charge in [-0.05, 0) is 23.4 Å². The lowest BCUT2D eigenvalue weighted by Gasteiger charge is -2.03. The van der Waals surface area contributed by atoms with Gasteiger partial charge in [0.15, 0.2) is 5.69 Å². The van der Waals surface area contributed by atoms with Gasteiger partial charge >= 0.3 is 0 Å². The van der Waals surface area contributed by atoms with Crippen molar-refractivity contribution in [1.29, 1.82) is 0 Å². The normalized spacial score (nSPS) is 10.7. The third kappa shape index (κ3) is 1.79. The van der Waals surface area contributed by atoms with E-state index in [2.05, 4.69) is 15.1 Å². The van der Waals surface area contributed by atoms with Crippen molar-refractivity contribution >= 4 is 16.7 Å². The molecule has 0 atom stereocenters. The van der Waals surface area contributed by atoms with Gasteiger partial charge in [-0.15, -0.1) is 4.91 Å². The van der Waals surface area contributed by atoms with E-state index in [1.54, 1.807) is 0 Å². The first-order chi connectivity index (χ1) is 9.19. The van der Waals surface area contributed by atoms with Gasteiger partial charge in [-0.25, -0.2) is 4.98 Å². The smallest absolute Gasteiger partial charge is 0.150 e. The minimum absolute atomic E-state index is 0.145. The summed E-state index contributed by atoms with van der Waals surface area (Å²) in [5, 5.41) is 21.9. The average Bonchev–Trinajstić information content (AvgIpc) is 2.82. The maximum Gasteiger partial charge on any atom is 0.150 e. The Hall–Kier alpha value is -2.89. The van der Waals surface area contributed by atoms with Gasteiger partial charge in [-0.3, -0.25) is 0 Å². The molecular weight excluding hydrogens is 246 g/mol. The molecule has 6 nitrogen and oxygen atoms in total. The molecule has 0 saturated carbocycles. The number of H-pyrrole nitrogens is 1. The summed E-state index contributed by atoms with van der Waals surface area (Å²) in [4.78, 5) is 17.9. The number of benzene rings is 2. The van der Waals surface area contributed by atoms with Crippen molar-refractivity contribution in [2.24, 2.45) is 5.18 Å². The highest BCUT2D eigenvalue weighted by Crippen LogP contribution is 2.38. The number of hydrogen-bond donors (Lipinski definition) is 3. The van der Waals surface area contributed by atoms with Crippen LogP contribution in [-0.4, -0.2) is 20.2 Å². The molecule has 6 heteroatoms. The van der Waals surface area contributed by atoms with Crippen LogP contribution in [0.3, 0.4) is 0 Å². The molecule has 0 spiro atoms. The Kier molecular flexibility index (Phi) is 2.42. The summed E-state index contributed by atoms with van der Waals surface area (Å²) in [5.74, 6) is -0.139. The van der Waals surface area contributed by atoms with Crippen molar-refractivity contribution < 1.29 is 10.2 Å². The lowest BCUT2D eigenvalue weighted by Crippen LogP contribution is -1.82. The SMILES string of the molecule is O=Nc1cc(-c2nc3ccccc3[nH]2)c(O)cc1O. The van der Waals surface area contributed by atoms with Gasteiger partial charge in [0.25, 0.3) is 0 Å². The molecule has 0 saturated heterocycles. The Bertz CT molecular complexity index is 747. The predicted octanol–water partition coefficient (Wildman–Crippen LogP) is 3.04. The van der Waals surface area contributed by atoms with E-state index < -0.39 is 0 Å². The van der Waals surface area contributed by atoms with Gasteiger partial charge in [0.2, 0.25) is 0 Å². The van der Waals surface area contributed by atoms with Crippen LogP contribution in [0.4, 0.5) is 5.69 Å². The zero-order valence-corrected chi connectivity index (χ0v) is 9.66. The second kappa shape index (κ2) is 4.09. The summed E-state index contributed by atoms with van der Waals surface area (Å²) >= 11 is 0. The molecule has 2 aromatic carbocycles. The van der Waals surface area contributed by atoms with Gasteiger partial charge in [-0.1, -0.05) is 12.1 Å². The van der Waals surface area contributed by atoms with E-state index >= 15 is 0 Å². The molecule has 3 N–H and O–H groups in total. The molecule has 3 rings (SSSR count). The second-order valence-electron chi connectivity index (χ2n) is 4.05. The molecule has 0 unspecified atom stereocenters.